The van der Waals surface area contributed by atoms with Crippen molar-refractivity contribution in [2.45, 2.75) is 55.9 Å². The Labute approximate surface area is 176 Å². The number of carbonyl (C=O) groups is 2. The van der Waals surface area contributed by atoms with Crippen molar-refractivity contribution in [2.24, 2.45) is 5.92 Å². The summed E-state index contributed by atoms with van der Waals surface area (Å²) in [4.78, 5) is 25.9. The molecule has 5 nitrogen and oxygen atoms in total. The van der Waals surface area contributed by atoms with Crippen LogP contribution in [0.4, 0.5) is 10.5 Å². The van der Waals surface area contributed by atoms with Gasteiger partial charge in [-0.2, -0.15) is 0 Å². The minimum Gasteiger partial charge on any atom is -0.444 e. The van der Waals surface area contributed by atoms with Crippen LogP contribution in [-0.2, 0) is 15.3 Å². The van der Waals surface area contributed by atoms with Gasteiger partial charge < -0.3 is 15.4 Å². The first-order chi connectivity index (χ1) is 13.8. The van der Waals surface area contributed by atoms with E-state index in [-0.39, 0.29) is 11.8 Å². The van der Waals surface area contributed by atoms with E-state index in [1.165, 1.54) is 5.56 Å². The van der Waals surface area contributed by atoms with Gasteiger partial charge in [-0.1, -0.05) is 30.3 Å². The van der Waals surface area contributed by atoms with E-state index in [1.54, 1.807) is 32.5 Å². The fraction of sp³-hybridized carbons (Fsp3) is 0.391. The van der Waals surface area contributed by atoms with E-state index < -0.39 is 17.7 Å². The number of carbonyl (C=O) groups excluding carboxylic acids is 2. The molecule has 3 rings (SSSR count). The lowest BCUT2D eigenvalue weighted by Gasteiger charge is -2.23. The second-order valence-electron chi connectivity index (χ2n) is 8.25. The molecule has 1 saturated carbocycles. The molecular formula is C23H28N2O3S. The van der Waals surface area contributed by atoms with Crippen molar-refractivity contribution in [3.8, 4) is 0 Å². The molecule has 0 bridgehead atoms. The molecule has 0 aliphatic heterocycles. The number of ether oxygens (including phenoxy) is 1. The molecule has 29 heavy (non-hydrogen) atoms. The molecule has 154 valence electrons. The van der Waals surface area contributed by atoms with Crippen LogP contribution in [0.3, 0.4) is 0 Å². The van der Waals surface area contributed by atoms with Crippen molar-refractivity contribution in [2.75, 3.05) is 5.32 Å². The van der Waals surface area contributed by atoms with Crippen LogP contribution in [0, 0.1) is 5.92 Å². The van der Waals surface area contributed by atoms with Crippen molar-refractivity contribution in [3.05, 3.63) is 60.2 Å². The molecule has 2 aromatic carbocycles. The predicted octanol–water partition coefficient (Wildman–Crippen LogP) is 5.22. The van der Waals surface area contributed by atoms with Crippen LogP contribution in [0.15, 0.2) is 59.5 Å². The summed E-state index contributed by atoms with van der Waals surface area (Å²) >= 11 is 1.75. The number of anilines is 1. The van der Waals surface area contributed by atoms with Crippen molar-refractivity contribution in [1.29, 1.82) is 0 Å². The van der Waals surface area contributed by atoms with Crippen LogP contribution < -0.4 is 10.6 Å². The summed E-state index contributed by atoms with van der Waals surface area (Å²) in [5.41, 5.74) is 1.40. The highest BCUT2D eigenvalue weighted by Gasteiger charge is 2.38. The van der Waals surface area contributed by atoms with E-state index in [9.17, 15) is 9.59 Å². The summed E-state index contributed by atoms with van der Waals surface area (Å²) in [5.74, 6) is 0.863. The first-order valence-corrected chi connectivity index (χ1v) is 10.9. The summed E-state index contributed by atoms with van der Waals surface area (Å²) in [5, 5.41) is 5.64. The van der Waals surface area contributed by atoms with Gasteiger partial charge in [-0.25, -0.2) is 4.79 Å². The monoisotopic (exact) mass is 412 g/mol. The number of hydrogen-bond donors (Lipinski definition) is 2. The molecule has 2 aromatic rings. The Balaban J connectivity index is 1.53. The Morgan fingerprint density at radius 1 is 1.07 bits per heavy atom. The van der Waals surface area contributed by atoms with Gasteiger partial charge in [0.2, 0.25) is 5.91 Å². The van der Waals surface area contributed by atoms with Crippen molar-refractivity contribution < 1.29 is 14.3 Å². The molecule has 0 radical (unpaired) electrons. The minimum atomic E-state index is -0.595. The molecule has 1 fully saturated rings. The maximum Gasteiger partial charge on any atom is 0.408 e. The normalized spacial score (nSPS) is 14.7. The van der Waals surface area contributed by atoms with Crippen LogP contribution in [-0.4, -0.2) is 23.6 Å². The third-order valence-corrected chi connectivity index (χ3v) is 5.50. The van der Waals surface area contributed by atoms with Crippen molar-refractivity contribution >= 4 is 29.4 Å². The van der Waals surface area contributed by atoms with Gasteiger partial charge in [0.15, 0.2) is 0 Å². The first-order valence-electron chi connectivity index (χ1n) is 9.87. The van der Waals surface area contributed by atoms with Gasteiger partial charge in [-0.3, -0.25) is 4.79 Å². The number of hydrogen-bond acceptors (Lipinski definition) is 4. The maximum atomic E-state index is 12.7. The number of nitrogens with one attached hydrogen (secondary N) is 2. The minimum absolute atomic E-state index is 0.170. The summed E-state index contributed by atoms with van der Waals surface area (Å²) in [6, 6.07) is 17.5. The third kappa shape index (κ3) is 7.13. The average Bonchev–Trinajstić information content (AvgIpc) is 3.50. The van der Waals surface area contributed by atoms with Crippen molar-refractivity contribution in [3.63, 3.8) is 0 Å². The van der Waals surface area contributed by atoms with Gasteiger partial charge in [0, 0.05) is 16.3 Å². The molecule has 2 N–H and O–H groups in total. The smallest absolute Gasteiger partial charge is 0.408 e. The summed E-state index contributed by atoms with van der Waals surface area (Å²) in [6.07, 6.45) is 1.31. The van der Waals surface area contributed by atoms with E-state index in [1.807, 2.05) is 42.5 Å². The van der Waals surface area contributed by atoms with Gasteiger partial charge in [0.05, 0.1) is 0 Å². The Morgan fingerprint density at radius 2 is 1.72 bits per heavy atom. The lowest BCUT2D eigenvalue weighted by molar-refractivity contribution is -0.118. The molecule has 0 spiro atoms. The zero-order valence-electron chi connectivity index (χ0n) is 17.1. The van der Waals surface area contributed by atoms with Gasteiger partial charge in [0.25, 0.3) is 0 Å². The molecule has 1 aliphatic rings. The zero-order valence-corrected chi connectivity index (χ0v) is 17.9. The van der Waals surface area contributed by atoms with Gasteiger partial charge in [0.1, 0.15) is 11.6 Å². The van der Waals surface area contributed by atoms with Crippen LogP contribution in [0.2, 0.25) is 0 Å². The Morgan fingerprint density at radius 3 is 2.31 bits per heavy atom. The molecule has 1 aliphatic carbocycles. The molecule has 0 heterocycles. The predicted molar refractivity (Wildman–Crippen MR) is 117 cm³/mol. The van der Waals surface area contributed by atoms with Crippen LogP contribution in [0.5, 0.6) is 0 Å². The molecule has 0 aromatic heterocycles. The highest BCUT2D eigenvalue weighted by atomic mass is 32.2. The molecule has 0 unspecified atom stereocenters. The zero-order chi connectivity index (χ0) is 20.9. The summed E-state index contributed by atoms with van der Waals surface area (Å²) in [7, 11) is 0. The lowest BCUT2D eigenvalue weighted by Crippen LogP contribution is -2.47. The second-order valence-corrected chi connectivity index (χ2v) is 9.30. The number of benzene rings is 2. The fourth-order valence-corrected chi connectivity index (χ4v) is 3.71. The highest BCUT2D eigenvalue weighted by Crippen LogP contribution is 2.33. The number of rotatable bonds is 7. The molecule has 6 heteroatoms. The molecule has 0 saturated heterocycles. The number of thioether (sulfide) groups is 1. The van der Waals surface area contributed by atoms with E-state index in [4.69, 9.17) is 4.74 Å². The SMILES string of the molecule is CC(C)(C)OC(=O)N[C@H](C(=O)Nc1ccc(SCc2ccccc2)cc1)C1CC1. The topological polar surface area (TPSA) is 67.4 Å². The lowest BCUT2D eigenvalue weighted by atomic mass is 10.1. The fourth-order valence-electron chi connectivity index (χ4n) is 2.86. The standard InChI is InChI=1S/C23H28N2O3S/c1-23(2,3)28-22(27)25-20(17-9-10-17)21(26)24-18-11-13-19(14-12-18)29-15-16-7-5-4-6-8-16/h4-8,11-14,17,20H,9-10,15H2,1-3H3,(H,24,26)(H,25,27)/t20-/m0/s1. The third-order valence-electron chi connectivity index (χ3n) is 4.42. The number of amides is 2. The molecule has 2 amide bonds. The van der Waals surface area contributed by atoms with E-state index in [2.05, 4.69) is 22.8 Å². The molecular weight excluding hydrogens is 384 g/mol. The van der Waals surface area contributed by atoms with Gasteiger partial charge in [-0.05, 0) is 69.4 Å². The van der Waals surface area contributed by atoms with Gasteiger partial charge >= 0.3 is 6.09 Å². The molecule has 1 atom stereocenters. The highest BCUT2D eigenvalue weighted by molar-refractivity contribution is 7.98. The summed E-state index contributed by atoms with van der Waals surface area (Å²) in [6.45, 7) is 5.41. The van der Waals surface area contributed by atoms with E-state index >= 15 is 0 Å². The van der Waals surface area contributed by atoms with E-state index in [0.717, 1.165) is 29.2 Å². The Bertz CT molecular complexity index is 827. The second kappa shape index (κ2) is 9.35. The van der Waals surface area contributed by atoms with Crippen LogP contribution in [0.25, 0.3) is 0 Å². The van der Waals surface area contributed by atoms with Crippen LogP contribution >= 0.6 is 11.8 Å². The average molecular weight is 413 g/mol. The Hall–Kier alpha value is -2.47. The van der Waals surface area contributed by atoms with Crippen LogP contribution in [0.1, 0.15) is 39.2 Å². The quantitative estimate of drug-likeness (QED) is 0.612. The number of alkyl carbamates (subject to hydrolysis) is 1. The maximum absolute atomic E-state index is 12.7. The summed E-state index contributed by atoms with van der Waals surface area (Å²) < 4.78 is 5.29. The van der Waals surface area contributed by atoms with Crippen molar-refractivity contribution in [1.82, 2.24) is 5.32 Å². The Kier molecular flexibility index (Phi) is 6.85. The van der Waals surface area contributed by atoms with Gasteiger partial charge in [-0.15, -0.1) is 11.8 Å². The van der Waals surface area contributed by atoms with E-state index in [0.29, 0.717) is 0 Å². The first kappa shape index (κ1) is 21.2. The largest absolute Gasteiger partial charge is 0.444 e.